The Labute approximate surface area is 158 Å². The second-order valence-electron chi connectivity index (χ2n) is 7.09. The predicted octanol–water partition coefficient (Wildman–Crippen LogP) is 2.66. The standard InChI is InChI=1S/C18H19F3N6O/c1-10-24-13-7-23-15-12(3-5-22-15)14(13)16(25-10)27-6-4-11(8-27)17(28)26(2)9-18(19,20)21/h3,5,7,11H,4,6,8-9H2,1-2H3,(H,22,23). The van der Waals surface area contributed by atoms with Crippen LogP contribution in [0.5, 0.6) is 0 Å². The molecule has 0 bridgehead atoms. The summed E-state index contributed by atoms with van der Waals surface area (Å²) >= 11 is 0. The van der Waals surface area contributed by atoms with Crippen LogP contribution in [0.1, 0.15) is 12.2 Å². The number of pyridine rings is 1. The first-order valence-corrected chi connectivity index (χ1v) is 8.90. The molecule has 4 heterocycles. The van der Waals surface area contributed by atoms with E-state index in [4.69, 9.17) is 0 Å². The molecule has 0 spiro atoms. The number of aromatic amines is 1. The highest BCUT2D eigenvalue weighted by Gasteiger charge is 2.36. The molecule has 3 aromatic heterocycles. The van der Waals surface area contributed by atoms with Gasteiger partial charge in [-0.25, -0.2) is 15.0 Å². The van der Waals surface area contributed by atoms with Gasteiger partial charge in [0.25, 0.3) is 0 Å². The Kier molecular flexibility index (Phi) is 4.35. The van der Waals surface area contributed by atoms with Crippen molar-refractivity contribution in [2.45, 2.75) is 19.5 Å². The maximum absolute atomic E-state index is 12.6. The van der Waals surface area contributed by atoms with Gasteiger partial charge in [-0.2, -0.15) is 13.2 Å². The van der Waals surface area contributed by atoms with E-state index in [-0.39, 0.29) is 0 Å². The van der Waals surface area contributed by atoms with Crippen LogP contribution in [0.4, 0.5) is 19.0 Å². The number of alkyl halides is 3. The van der Waals surface area contributed by atoms with Crippen molar-refractivity contribution < 1.29 is 18.0 Å². The molecule has 0 radical (unpaired) electrons. The Morgan fingerprint density at radius 2 is 2.18 bits per heavy atom. The van der Waals surface area contributed by atoms with Crippen LogP contribution in [0.2, 0.25) is 0 Å². The molecule has 1 aliphatic heterocycles. The van der Waals surface area contributed by atoms with Crippen molar-refractivity contribution in [1.82, 2.24) is 24.8 Å². The number of halogens is 3. The number of amides is 1. The van der Waals surface area contributed by atoms with Crippen molar-refractivity contribution in [2.75, 3.05) is 31.6 Å². The Hall–Kier alpha value is -2.91. The summed E-state index contributed by atoms with van der Waals surface area (Å²) in [7, 11) is 1.19. The van der Waals surface area contributed by atoms with Crippen LogP contribution < -0.4 is 4.90 Å². The van der Waals surface area contributed by atoms with Crippen molar-refractivity contribution in [3.8, 4) is 0 Å². The van der Waals surface area contributed by atoms with Crippen LogP contribution in [0, 0.1) is 12.8 Å². The molecule has 148 valence electrons. The molecular formula is C18H19F3N6O. The lowest BCUT2D eigenvalue weighted by atomic mass is 10.1. The maximum Gasteiger partial charge on any atom is 0.406 e. The van der Waals surface area contributed by atoms with E-state index < -0.39 is 24.5 Å². The minimum atomic E-state index is -4.41. The van der Waals surface area contributed by atoms with E-state index in [1.165, 1.54) is 7.05 Å². The molecule has 1 fully saturated rings. The Bertz CT molecular complexity index is 1050. The molecule has 1 N–H and O–H groups in total. The van der Waals surface area contributed by atoms with Gasteiger partial charge in [0.05, 0.1) is 23.0 Å². The largest absolute Gasteiger partial charge is 0.406 e. The fourth-order valence-electron chi connectivity index (χ4n) is 3.77. The van der Waals surface area contributed by atoms with E-state index in [1.807, 2.05) is 11.0 Å². The lowest BCUT2D eigenvalue weighted by Crippen LogP contribution is -2.40. The molecular weight excluding hydrogens is 373 g/mol. The summed E-state index contributed by atoms with van der Waals surface area (Å²) in [5, 5.41) is 1.70. The highest BCUT2D eigenvalue weighted by molar-refractivity contribution is 6.09. The smallest absolute Gasteiger partial charge is 0.355 e. The van der Waals surface area contributed by atoms with Crippen molar-refractivity contribution >= 4 is 33.7 Å². The van der Waals surface area contributed by atoms with Crippen LogP contribution in [-0.2, 0) is 4.79 Å². The summed E-state index contributed by atoms with van der Waals surface area (Å²) < 4.78 is 37.8. The van der Waals surface area contributed by atoms with Crippen LogP contribution in [0.3, 0.4) is 0 Å². The topological polar surface area (TPSA) is 78.0 Å². The molecule has 1 atom stereocenters. The summed E-state index contributed by atoms with van der Waals surface area (Å²) in [4.78, 5) is 31.6. The molecule has 0 saturated carbocycles. The van der Waals surface area contributed by atoms with Crippen molar-refractivity contribution in [3.05, 3.63) is 24.3 Å². The van der Waals surface area contributed by atoms with Crippen molar-refractivity contribution in [3.63, 3.8) is 0 Å². The number of aromatic nitrogens is 4. The number of hydrogen-bond donors (Lipinski definition) is 1. The van der Waals surface area contributed by atoms with Crippen LogP contribution in [0.25, 0.3) is 21.9 Å². The van der Waals surface area contributed by atoms with E-state index in [1.54, 1.807) is 19.3 Å². The number of anilines is 1. The first-order valence-electron chi connectivity index (χ1n) is 8.90. The summed E-state index contributed by atoms with van der Waals surface area (Å²) in [6.45, 7) is 1.39. The predicted molar refractivity (Wildman–Crippen MR) is 97.9 cm³/mol. The van der Waals surface area contributed by atoms with Gasteiger partial charge in [-0.05, 0) is 19.4 Å². The van der Waals surface area contributed by atoms with Crippen LogP contribution >= 0.6 is 0 Å². The summed E-state index contributed by atoms with van der Waals surface area (Å²) in [6.07, 6.45) is -0.478. The molecule has 1 amide bonds. The molecule has 10 heteroatoms. The van der Waals surface area contributed by atoms with Crippen LogP contribution in [0.15, 0.2) is 18.5 Å². The van der Waals surface area contributed by atoms with Crippen molar-refractivity contribution in [1.29, 1.82) is 0 Å². The van der Waals surface area contributed by atoms with Gasteiger partial charge in [-0.1, -0.05) is 0 Å². The van der Waals surface area contributed by atoms with Gasteiger partial charge in [0, 0.05) is 31.7 Å². The number of H-pyrrole nitrogens is 1. The zero-order valence-corrected chi connectivity index (χ0v) is 15.4. The second kappa shape index (κ2) is 6.61. The highest BCUT2D eigenvalue weighted by atomic mass is 19.4. The van der Waals surface area contributed by atoms with Crippen molar-refractivity contribution in [2.24, 2.45) is 5.92 Å². The third kappa shape index (κ3) is 3.34. The average molecular weight is 392 g/mol. The number of aryl methyl sites for hydroxylation is 1. The van der Waals surface area contributed by atoms with E-state index in [0.717, 1.165) is 15.7 Å². The number of carbonyl (C=O) groups is 1. The summed E-state index contributed by atoms with van der Waals surface area (Å²) in [6, 6.07) is 1.89. The number of nitrogens with zero attached hydrogens (tertiary/aromatic N) is 5. The molecule has 3 aromatic rings. The zero-order valence-electron chi connectivity index (χ0n) is 15.4. The van der Waals surface area contributed by atoms with E-state index in [2.05, 4.69) is 19.9 Å². The first kappa shape index (κ1) is 18.5. The molecule has 1 saturated heterocycles. The third-order valence-corrected chi connectivity index (χ3v) is 4.97. The normalized spacial score (nSPS) is 17.6. The van der Waals surface area contributed by atoms with Gasteiger partial charge in [0.2, 0.25) is 5.91 Å². The SMILES string of the molecule is Cc1nc(N2CCC(C(=O)N(C)CC(F)(F)F)C2)c2c(cnc3[nH]ccc32)n1. The monoisotopic (exact) mass is 392 g/mol. The Balaban J connectivity index is 1.65. The number of fused-ring (bicyclic) bond motifs is 3. The molecule has 0 aromatic carbocycles. The molecule has 4 rings (SSSR count). The number of carbonyl (C=O) groups excluding carboxylic acids is 1. The average Bonchev–Trinajstić information content (AvgIpc) is 3.27. The summed E-state index contributed by atoms with van der Waals surface area (Å²) in [5.41, 5.74) is 1.40. The fraction of sp³-hybridized carbons (Fsp3) is 0.444. The second-order valence-corrected chi connectivity index (χ2v) is 7.09. The van der Waals surface area contributed by atoms with E-state index in [0.29, 0.717) is 42.3 Å². The summed E-state index contributed by atoms with van der Waals surface area (Å²) in [5.74, 6) is 0.260. The van der Waals surface area contributed by atoms with Gasteiger partial charge in [-0.3, -0.25) is 4.79 Å². The highest BCUT2D eigenvalue weighted by Crippen LogP contribution is 2.33. The van der Waals surface area contributed by atoms with E-state index >= 15 is 0 Å². The van der Waals surface area contributed by atoms with Crippen LogP contribution in [-0.4, -0.2) is 63.6 Å². The molecule has 28 heavy (non-hydrogen) atoms. The number of hydrogen-bond acceptors (Lipinski definition) is 5. The molecule has 0 aliphatic carbocycles. The number of nitrogens with one attached hydrogen (secondary N) is 1. The Morgan fingerprint density at radius 3 is 2.93 bits per heavy atom. The van der Waals surface area contributed by atoms with Gasteiger partial charge in [0.15, 0.2) is 0 Å². The Morgan fingerprint density at radius 1 is 1.39 bits per heavy atom. The van der Waals surface area contributed by atoms with Gasteiger partial charge < -0.3 is 14.8 Å². The lowest BCUT2D eigenvalue weighted by Gasteiger charge is -2.23. The lowest BCUT2D eigenvalue weighted by molar-refractivity contribution is -0.160. The molecule has 7 nitrogen and oxygen atoms in total. The zero-order chi connectivity index (χ0) is 20.1. The minimum absolute atomic E-state index is 0.320. The third-order valence-electron chi connectivity index (χ3n) is 4.97. The minimum Gasteiger partial charge on any atom is -0.355 e. The maximum atomic E-state index is 12.6. The molecule has 1 aliphatic rings. The van der Waals surface area contributed by atoms with Gasteiger partial charge in [-0.15, -0.1) is 0 Å². The first-order chi connectivity index (χ1) is 13.2. The van der Waals surface area contributed by atoms with E-state index in [9.17, 15) is 18.0 Å². The number of rotatable bonds is 3. The molecule has 1 unspecified atom stereocenters. The van der Waals surface area contributed by atoms with Gasteiger partial charge >= 0.3 is 6.18 Å². The fourth-order valence-corrected chi connectivity index (χ4v) is 3.77. The van der Waals surface area contributed by atoms with Gasteiger partial charge in [0.1, 0.15) is 23.8 Å². The quantitative estimate of drug-likeness (QED) is 0.742.